The zero-order valence-corrected chi connectivity index (χ0v) is 14.9. The number of carbonyl (C=O) groups is 2. The van der Waals surface area contributed by atoms with Crippen molar-refractivity contribution in [3.05, 3.63) is 65.0 Å². The van der Waals surface area contributed by atoms with Gasteiger partial charge >= 0.3 is 5.97 Å². The van der Waals surface area contributed by atoms with Crippen molar-refractivity contribution in [1.29, 1.82) is 0 Å². The summed E-state index contributed by atoms with van der Waals surface area (Å²) in [5, 5.41) is 2.52. The second-order valence-electron chi connectivity index (χ2n) is 5.64. The lowest BCUT2D eigenvalue weighted by Crippen LogP contribution is -2.14. The van der Waals surface area contributed by atoms with E-state index in [1.165, 1.54) is 6.07 Å². The van der Waals surface area contributed by atoms with E-state index in [0.717, 1.165) is 12.1 Å². The van der Waals surface area contributed by atoms with Crippen LogP contribution >= 0.6 is 0 Å². The predicted octanol–water partition coefficient (Wildman–Crippen LogP) is 4.00. The molecular weight excluding hydrogens is 342 g/mol. The number of aromatic nitrogens is 1. The Balaban J connectivity index is 2.45. The average Bonchev–Trinajstić information content (AvgIpc) is 2.82. The van der Waals surface area contributed by atoms with Gasteiger partial charge in [-0.15, -0.1) is 6.58 Å². The molecule has 0 spiro atoms. The highest BCUT2D eigenvalue weighted by Crippen LogP contribution is 2.25. The molecule has 0 fully saturated rings. The maximum absolute atomic E-state index is 13.3. The molecule has 1 aromatic carbocycles. The second kappa shape index (κ2) is 7.95. The van der Waals surface area contributed by atoms with E-state index in [4.69, 9.17) is 4.74 Å². The number of amides is 1. The molecule has 1 N–H and O–H groups in total. The number of hydrogen-bond acceptors (Lipinski definition) is 3. The van der Waals surface area contributed by atoms with Crippen LogP contribution in [0.3, 0.4) is 0 Å². The molecule has 2 rings (SSSR count). The monoisotopic (exact) mass is 362 g/mol. The van der Waals surface area contributed by atoms with Crippen LogP contribution in [-0.2, 0) is 11.3 Å². The molecule has 0 atom stereocenters. The molecule has 1 amide bonds. The fraction of sp³-hybridized carbons (Fsp3) is 0.263. The van der Waals surface area contributed by atoms with Gasteiger partial charge in [0.25, 0.3) is 5.91 Å². The molecule has 7 heteroatoms. The van der Waals surface area contributed by atoms with Crippen LogP contribution in [0.2, 0.25) is 0 Å². The Kier molecular flexibility index (Phi) is 5.92. The number of benzene rings is 1. The van der Waals surface area contributed by atoms with Crippen LogP contribution in [0.4, 0.5) is 14.5 Å². The van der Waals surface area contributed by atoms with Gasteiger partial charge in [-0.2, -0.15) is 0 Å². The fourth-order valence-corrected chi connectivity index (χ4v) is 2.82. The minimum absolute atomic E-state index is 0.113. The predicted molar refractivity (Wildman–Crippen MR) is 94.4 cm³/mol. The van der Waals surface area contributed by atoms with Crippen LogP contribution in [0.15, 0.2) is 30.9 Å². The lowest BCUT2D eigenvalue weighted by molar-refractivity contribution is 0.0513. The third-order valence-corrected chi connectivity index (χ3v) is 3.95. The van der Waals surface area contributed by atoms with Crippen molar-refractivity contribution in [2.75, 3.05) is 11.9 Å². The molecule has 5 nitrogen and oxygen atoms in total. The number of ether oxygens (including phenoxy) is 1. The summed E-state index contributed by atoms with van der Waals surface area (Å²) in [6, 6.07) is 3.08. The number of hydrogen-bond donors (Lipinski definition) is 1. The van der Waals surface area contributed by atoms with Crippen molar-refractivity contribution < 1.29 is 23.1 Å². The average molecular weight is 362 g/mol. The van der Waals surface area contributed by atoms with E-state index < -0.39 is 23.5 Å². The highest BCUT2D eigenvalue weighted by Gasteiger charge is 2.26. The number of carbonyl (C=O) groups excluding carboxylic acids is 2. The van der Waals surface area contributed by atoms with Crippen LogP contribution in [0.25, 0.3) is 0 Å². The van der Waals surface area contributed by atoms with Crippen molar-refractivity contribution in [3.8, 4) is 0 Å². The van der Waals surface area contributed by atoms with Crippen molar-refractivity contribution in [2.45, 2.75) is 27.3 Å². The molecule has 0 bridgehead atoms. The molecule has 1 aromatic heterocycles. The van der Waals surface area contributed by atoms with Crippen molar-refractivity contribution in [1.82, 2.24) is 4.57 Å². The Morgan fingerprint density at radius 2 is 1.96 bits per heavy atom. The first-order valence-corrected chi connectivity index (χ1v) is 8.05. The summed E-state index contributed by atoms with van der Waals surface area (Å²) in [6.07, 6.45) is 1.60. The number of rotatable bonds is 6. The zero-order chi connectivity index (χ0) is 19.4. The minimum atomic E-state index is -1.06. The first-order valence-electron chi connectivity index (χ1n) is 8.05. The molecule has 0 radical (unpaired) electrons. The normalized spacial score (nSPS) is 10.5. The lowest BCUT2D eigenvalue weighted by atomic mass is 10.1. The summed E-state index contributed by atoms with van der Waals surface area (Å²) in [4.78, 5) is 25.0. The molecule has 0 aliphatic heterocycles. The Bertz CT molecular complexity index is 872. The van der Waals surface area contributed by atoms with E-state index in [1.807, 2.05) is 0 Å². The van der Waals surface area contributed by atoms with Crippen LogP contribution in [0.1, 0.15) is 39.0 Å². The summed E-state index contributed by atoms with van der Waals surface area (Å²) < 4.78 is 33.1. The number of halogens is 2. The number of esters is 1. The van der Waals surface area contributed by atoms with Gasteiger partial charge in [0.15, 0.2) is 11.6 Å². The number of anilines is 1. The van der Waals surface area contributed by atoms with E-state index in [1.54, 1.807) is 31.4 Å². The van der Waals surface area contributed by atoms with Crippen LogP contribution in [-0.4, -0.2) is 23.1 Å². The maximum atomic E-state index is 13.3. The molecule has 0 aliphatic rings. The van der Waals surface area contributed by atoms with Gasteiger partial charge < -0.3 is 14.6 Å². The molecular formula is C19H20F2N2O3. The standard InChI is InChI=1S/C19H20F2N2O3/c1-5-9-23-12(4)16(11(3)17(23)19(25)26-6-2)18(24)22-13-7-8-14(20)15(21)10-13/h5,7-8,10H,1,6,9H2,2-4H3,(H,22,24). The summed E-state index contributed by atoms with van der Waals surface area (Å²) in [7, 11) is 0. The van der Waals surface area contributed by atoms with E-state index in [2.05, 4.69) is 11.9 Å². The van der Waals surface area contributed by atoms with Gasteiger partial charge in [0.2, 0.25) is 0 Å². The van der Waals surface area contributed by atoms with Gasteiger partial charge in [-0.05, 0) is 38.5 Å². The molecule has 1 heterocycles. The topological polar surface area (TPSA) is 60.3 Å². The molecule has 0 aliphatic carbocycles. The van der Waals surface area contributed by atoms with Gasteiger partial charge in [-0.1, -0.05) is 6.08 Å². The Morgan fingerprint density at radius 1 is 1.27 bits per heavy atom. The van der Waals surface area contributed by atoms with Crippen molar-refractivity contribution >= 4 is 17.6 Å². The van der Waals surface area contributed by atoms with Gasteiger partial charge in [0.1, 0.15) is 5.69 Å². The van der Waals surface area contributed by atoms with E-state index in [9.17, 15) is 18.4 Å². The van der Waals surface area contributed by atoms with Gasteiger partial charge in [0, 0.05) is 24.0 Å². The van der Waals surface area contributed by atoms with Gasteiger partial charge in [-0.3, -0.25) is 4.79 Å². The van der Waals surface area contributed by atoms with Crippen LogP contribution < -0.4 is 5.32 Å². The van der Waals surface area contributed by atoms with Gasteiger partial charge in [0.05, 0.1) is 12.2 Å². The molecule has 0 unspecified atom stereocenters. The number of nitrogens with one attached hydrogen (secondary N) is 1. The molecule has 0 saturated heterocycles. The molecule has 138 valence electrons. The summed E-state index contributed by atoms with van der Waals surface area (Å²) >= 11 is 0. The summed E-state index contributed by atoms with van der Waals surface area (Å²) in [5.41, 5.74) is 1.65. The van der Waals surface area contributed by atoms with E-state index in [0.29, 0.717) is 17.8 Å². The smallest absolute Gasteiger partial charge is 0.355 e. The zero-order valence-electron chi connectivity index (χ0n) is 14.9. The third-order valence-electron chi connectivity index (χ3n) is 3.95. The first kappa shape index (κ1) is 19.4. The first-order chi connectivity index (χ1) is 12.3. The quantitative estimate of drug-likeness (QED) is 0.624. The van der Waals surface area contributed by atoms with Crippen molar-refractivity contribution in [3.63, 3.8) is 0 Å². The highest BCUT2D eigenvalue weighted by atomic mass is 19.2. The Labute approximate surface area is 150 Å². The molecule has 2 aromatic rings. The minimum Gasteiger partial charge on any atom is -0.461 e. The Morgan fingerprint density at radius 3 is 2.54 bits per heavy atom. The Hall–Kier alpha value is -2.96. The fourth-order valence-electron chi connectivity index (χ4n) is 2.82. The SMILES string of the molecule is C=CCn1c(C)c(C(=O)Nc2ccc(F)c(F)c2)c(C)c1C(=O)OCC. The lowest BCUT2D eigenvalue weighted by Gasteiger charge is -2.09. The summed E-state index contributed by atoms with van der Waals surface area (Å²) in [6.45, 7) is 9.21. The highest BCUT2D eigenvalue weighted by molar-refractivity contribution is 6.08. The number of allylic oxidation sites excluding steroid dienone is 1. The van der Waals surface area contributed by atoms with Crippen LogP contribution in [0.5, 0.6) is 0 Å². The third kappa shape index (κ3) is 3.66. The van der Waals surface area contributed by atoms with Gasteiger partial charge in [-0.25, -0.2) is 13.6 Å². The molecule has 26 heavy (non-hydrogen) atoms. The van der Waals surface area contributed by atoms with E-state index >= 15 is 0 Å². The van der Waals surface area contributed by atoms with E-state index in [-0.39, 0.29) is 23.6 Å². The summed E-state index contributed by atoms with van der Waals surface area (Å²) in [5.74, 6) is -3.13. The second-order valence-corrected chi connectivity index (χ2v) is 5.64. The van der Waals surface area contributed by atoms with Crippen LogP contribution in [0, 0.1) is 25.5 Å². The number of nitrogens with zero attached hydrogens (tertiary/aromatic N) is 1. The maximum Gasteiger partial charge on any atom is 0.355 e. The molecule has 0 saturated carbocycles. The van der Waals surface area contributed by atoms with Crippen molar-refractivity contribution in [2.24, 2.45) is 0 Å². The largest absolute Gasteiger partial charge is 0.461 e.